The van der Waals surface area contributed by atoms with E-state index in [4.69, 9.17) is 0 Å². The molecule has 4 N–H and O–H groups in total. The molecular weight excluding hydrogens is 326 g/mol. The van der Waals surface area contributed by atoms with Gasteiger partial charge in [0.15, 0.2) is 0 Å². The maximum atomic E-state index is 10.9. The number of aliphatic imine (C=N–C) groups is 1. The Morgan fingerprint density at radius 1 is 1.19 bits per heavy atom. The molecule has 2 unspecified atom stereocenters. The Morgan fingerprint density at radius 2 is 2.04 bits per heavy atom. The van der Waals surface area contributed by atoms with E-state index in [-0.39, 0.29) is 0 Å². The molecule has 4 bridgehead atoms. The zero-order chi connectivity index (χ0) is 17.3. The summed E-state index contributed by atoms with van der Waals surface area (Å²) in [5.41, 5.74) is 2.74. The maximum absolute atomic E-state index is 10.9. The standard InChI is InChI=1S/C20H25N5O/c26-20-7-11-5-12(8-20)16(13(6-11)9-20)25-17-14-1-2-21-18(14)24-10-15(17)19-22-3-4-23-19/h1-2,10-13,16,26H,3-9H2,(H,22,23)(H2,21,24,25)/t11?,12?,13?,16-,20+. The van der Waals surface area contributed by atoms with Crippen LogP contribution in [-0.4, -0.2) is 45.6 Å². The lowest BCUT2D eigenvalue weighted by Gasteiger charge is -2.58. The van der Waals surface area contributed by atoms with Crippen LogP contribution in [0.5, 0.6) is 0 Å². The van der Waals surface area contributed by atoms with Gasteiger partial charge in [-0.3, -0.25) is 4.99 Å². The van der Waals surface area contributed by atoms with Crippen LogP contribution in [0.4, 0.5) is 5.69 Å². The van der Waals surface area contributed by atoms with Crippen molar-refractivity contribution in [1.29, 1.82) is 0 Å². The molecule has 4 saturated carbocycles. The van der Waals surface area contributed by atoms with Crippen LogP contribution in [0.15, 0.2) is 23.5 Å². The van der Waals surface area contributed by atoms with E-state index in [2.05, 4.69) is 31.7 Å². The molecule has 0 amide bonds. The average molecular weight is 351 g/mol. The van der Waals surface area contributed by atoms with E-state index in [1.54, 1.807) is 0 Å². The van der Waals surface area contributed by atoms with Gasteiger partial charge >= 0.3 is 0 Å². The lowest BCUT2D eigenvalue weighted by Crippen LogP contribution is -2.59. The highest BCUT2D eigenvalue weighted by atomic mass is 16.3. The molecule has 0 radical (unpaired) electrons. The number of H-pyrrole nitrogens is 1. The summed E-state index contributed by atoms with van der Waals surface area (Å²) in [5.74, 6) is 2.81. The van der Waals surface area contributed by atoms with Gasteiger partial charge in [0, 0.05) is 30.4 Å². The van der Waals surface area contributed by atoms with Crippen molar-refractivity contribution < 1.29 is 5.11 Å². The van der Waals surface area contributed by atoms with Crippen LogP contribution in [-0.2, 0) is 0 Å². The highest BCUT2D eigenvalue weighted by Gasteiger charge is 2.54. The molecule has 136 valence electrons. The van der Waals surface area contributed by atoms with E-state index in [9.17, 15) is 5.11 Å². The Balaban J connectivity index is 1.41. The molecule has 2 aromatic rings. The van der Waals surface area contributed by atoms with E-state index in [0.29, 0.717) is 17.9 Å². The fourth-order valence-electron chi connectivity index (χ4n) is 6.30. The molecule has 0 saturated heterocycles. The van der Waals surface area contributed by atoms with Gasteiger partial charge in [-0.2, -0.15) is 0 Å². The van der Waals surface area contributed by atoms with Gasteiger partial charge in [-0.15, -0.1) is 0 Å². The van der Waals surface area contributed by atoms with Gasteiger partial charge in [-0.05, 0) is 55.9 Å². The number of nitrogens with zero attached hydrogens (tertiary/aromatic N) is 2. The molecule has 6 heteroatoms. The van der Waals surface area contributed by atoms with Crippen LogP contribution in [0.3, 0.4) is 0 Å². The third kappa shape index (κ3) is 2.14. The van der Waals surface area contributed by atoms with Crippen molar-refractivity contribution in [1.82, 2.24) is 15.3 Å². The highest BCUT2D eigenvalue weighted by molar-refractivity contribution is 6.09. The first-order valence-corrected chi connectivity index (χ1v) is 9.92. The van der Waals surface area contributed by atoms with Crippen LogP contribution in [0.2, 0.25) is 0 Å². The van der Waals surface area contributed by atoms with Crippen molar-refractivity contribution in [3.63, 3.8) is 0 Å². The van der Waals surface area contributed by atoms with Crippen molar-refractivity contribution in [2.75, 3.05) is 18.4 Å². The maximum Gasteiger partial charge on any atom is 0.139 e. The third-order valence-electron chi connectivity index (χ3n) is 7.07. The summed E-state index contributed by atoms with van der Waals surface area (Å²) >= 11 is 0. The molecule has 2 aromatic heterocycles. The summed E-state index contributed by atoms with van der Waals surface area (Å²) < 4.78 is 0. The lowest BCUT2D eigenvalue weighted by atomic mass is 9.52. The summed E-state index contributed by atoms with van der Waals surface area (Å²) in [6.07, 6.45) is 9.33. The molecule has 0 spiro atoms. The number of hydrogen-bond acceptors (Lipinski definition) is 5. The van der Waals surface area contributed by atoms with Gasteiger partial charge in [0.2, 0.25) is 0 Å². The van der Waals surface area contributed by atoms with Crippen LogP contribution in [0.25, 0.3) is 11.0 Å². The smallest absolute Gasteiger partial charge is 0.139 e. The zero-order valence-corrected chi connectivity index (χ0v) is 14.8. The second-order valence-electron chi connectivity index (χ2n) is 8.81. The molecule has 3 heterocycles. The SMILES string of the molecule is O[C@]12CC3CC(C1)[C@H](Nc1c(C4=NCCN4)cnc4[nH]ccc14)C(C3)C2. The second kappa shape index (κ2) is 5.22. The number of rotatable bonds is 3. The van der Waals surface area contributed by atoms with Crippen LogP contribution < -0.4 is 10.6 Å². The minimum atomic E-state index is -0.393. The van der Waals surface area contributed by atoms with Crippen LogP contribution in [0.1, 0.15) is 37.7 Å². The first kappa shape index (κ1) is 15.0. The fourth-order valence-corrected chi connectivity index (χ4v) is 6.30. The first-order chi connectivity index (χ1) is 12.7. The monoisotopic (exact) mass is 351 g/mol. The molecule has 4 fully saturated rings. The molecule has 26 heavy (non-hydrogen) atoms. The number of pyridine rings is 1. The van der Waals surface area contributed by atoms with Gasteiger partial charge in [0.25, 0.3) is 0 Å². The van der Waals surface area contributed by atoms with Gasteiger partial charge in [-0.1, -0.05) is 0 Å². The number of hydrogen-bond donors (Lipinski definition) is 4. The predicted molar refractivity (Wildman–Crippen MR) is 101 cm³/mol. The van der Waals surface area contributed by atoms with Crippen molar-refractivity contribution in [2.45, 2.75) is 43.7 Å². The van der Waals surface area contributed by atoms with E-state index < -0.39 is 5.60 Å². The minimum absolute atomic E-state index is 0.393. The zero-order valence-electron chi connectivity index (χ0n) is 14.8. The number of aromatic amines is 1. The average Bonchev–Trinajstić information content (AvgIpc) is 3.27. The highest BCUT2D eigenvalue weighted by Crippen LogP contribution is 2.56. The number of amidine groups is 1. The Bertz CT molecular complexity index is 887. The summed E-state index contributed by atoms with van der Waals surface area (Å²) in [6, 6.07) is 2.54. The van der Waals surface area contributed by atoms with E-state index in [1.165, 1.54) is 12.8 Å². The van der Waals surface area contributed by atoms with E-state index in [1.807, 2.05) is 12.4 Å². The van der Waals surface area contributed by atoms with Crippen LogP contribution >= 0.6 is 0 Å². The molecule has 4 aliphatic carbocycles. The number of anilines is 1. The minimum Gasteiger partial charge on any atom is -0.390 e. The number of nitrogens with one attached hydrogen (secondary N) is 3. The second-order valence-corrected chi connectivity index (χ2v) is 8.81. The number of aliphatic hydroxyl groups is 1. The first-order valence-electron chi connectivity index (χ1n) is 9.92. The van der Waals surface area contributed by atoms with Crippen molar-refractivity contribution in [3.05, 3.63) is 24.0 Å². The van der Waals surface area contributed by atoms with E-state index in [0.717, 1.165) is 66.4 Å². The Morgan fingerprint density at radius 3 is 2.77 bits per heavy atom. The van der Waals surface area contributed by atoms with Gasteiger partial charge in [0.1, 0.15) is 11.5 Å². The Labute approximate surface area is 152 Å². The quantitative estimate of drug-likeness (QED) is 0.683. The largest absolute Gasteiger partial charge is 0.390 e. The van der Waals surface area contributed by atoms with Gasteiger partial charge in [0.05, 0.1) is 23.4 Å². The molecule has 2 atom stereocenters. The predicted octanol–water partition coefficient (Wildman–Crippen LogP) is 2.26. The van der Waals surface area contributed by atoms with Crippen molar-refractivity contribution in [3.8, 4) is 0 Å². The number of fused-ring (bicyclic) bond motifs is 1. The third-order valence-corrected chi connectivity index (χ3v) is 7.07. The lowest BCUT2D eigenvalue weighted by molar-refractivity contribution is -0.129. The number of aromatic nitrogens is 2. The normalized spacial score (nSPS) is 37.8. The molecule has 6 nitrogen and oxygen atoms in total. The summed E-state index contributed by atoms with van der Waals surface area (Å²) in [5, 5.41) is 19.3. The van der Waals surface area contributed by atoms with E-state index >= 15 is 0 Å². The summed E-state index contributed by atoms with van der Waals surface area (Å²) in [4.78, 5) is 12.4. The topological polar surface area (TPSA) is 85.3 Å². The molecule has 1 aliphatic heterocycles. The Hall–Kier alpha value is -2.08. The molecule has 0 aromatic carbocycles. The molecular formula is C20H25N5O. The Kier molecular flexibility index (Phi) is 3.02. The summed E-state index contributed by atoms with van der Waals surface area (Å²) in [7, 11) is 0. The van der Waals surface area contributed by atoms with Gasteiger partial charge < -0.3 is 20.7 Å². The van der Waals surface area contributed by atoms with Crippen LogP contribution in [0, 0.1) is 17.8 Å². The van der Waals surface area contributed by atoms with Crippen molar-refractivity contribution >= 4 is 22.6 Å². The molecule has 5 aliphatic rings. The van der Waals surface area contributed by atoms with Crippen molar-refractivity contribution in [2.24, 2.45) is 22.7 Å². The molecule has 7 rings (SSSR count). The van der Waals surface area contributed by atoms with Gasteiger partial charge in [-0.25, -0.2) is 4.98 Å². The fraction of sp³-hybridized carbons (Fsp3) is 0.600. The summed E-state index contributed by atoms with van der Waals surface area (Å²) in [6.45, 7) is 1.71.